The van der Waals surface area contributed by atoms with E-state index in [0.717, 1.165) is 36.3 Å². The van der Waals surface area contributed by atoms with Gasteiger partial charge in [-0.1, -0.05) is 190 Å². The quantitative estimate of drug-likeness (QED) is 0.117. The van der Waals surface area contributed by atoms with E-state index in [1.165, 1.54) is 105 Å². The fourth-order valence-corrected chi connectivity index (χ4v) is 10.6. The molecule has 0 saturated heterocycles. The summed E-state index contributed by atoms with van der Waals surface area (Å²) < 4.78 is 2.45. The minimum atomic E-state index is 0.526. The van der Waals surface area contributed by atoms with Crippen LogP contribution < -0.4 is 4.90 Å². The second-order valence-corrected chi connectivity index (χ2v) is 19.0. The van der Waals surface area contributed by atoms with Crippen molar-refractivity contribution < 1.29 is 0 Å². The number of aromatic nitrogens is 1. The van der Waals surface area contributed by atoms with E-state index in [-0.39, 0.29) is 0 Å². The van der Waals surface area contributed by atoms with E-state index in [1.54, 1.807) is 0 Å². The van der Waals surface area contributed by atoms with Crippen molar-refractivity contribution in [1.29, 1.82) is 0 Å². The number of hydrogen-bond donors (Lipinski definition) is 0. The fourth-order valence-electron chi connectivity index (χ4n) is 10.6. The maximum atomic E-state index is 3.84. The Kier molecular flexibility index (Phi) is 11.2. The number of rotatable bonds is 11. The van der Waals surface area contributed by atoms with Crippen LogP contribution in [0.1, 0.15) is 53.6 Å². The first kappa shape index (κ1) is 42.9. The fraction of sp³-hybridized carbons (Fsp3) is 0.0882. The molecule has 0 saturated carbocycles. The monoisotopic (exact) mass is 898 g/mol. The zero-order valence-corrected chi connectivity index (χ0v) is 39.8. The van der Waals surface area contributed by atoms with Crippen LogP contribution in [0.3, 0.4) is 0 Å². The molecule has 0 amide bonds. The highest BCUT2D eigenvalue weighted by atomic mass is 15.1. The lowest BCUT2D eigenvalue weighted by Gasteiger charge is -2.28. The van der Waals surface area contributed by atoms with Crippen molar-refractivity contribution in [2.24, 2.45) is 5.92 Å². The Morgan fingerprint density at radius 2 is 1.30 bits per heavy atom. The molecule has 0 N–H and O–H groups in total. The molecule has 2 heteroatoms. The van der Waals surface area contributed by atoms with Crippen LogP contribution in [0.5, 0.6) is 0 Å². The number of nitrogens with zero attached hydrogens (tertiary/aromatic N) is 2. The molecule has 12 rings (SSSR count). The summed E-state index contributed by atoms with van der Waals surface area (Å²) in [6.45, 7) is 8.41. The normalized spacial score (nSPS) is 15.6. The maximum absolute atomic E-state index is 3.84. The molecule has 3 aliphatic rings. The van der Waals surface area contributed by atoms with E-state index in [4.69, 9.17) is 0 Å². The Balaban J connectivity index is 0.971. The first-order valence-electron chi connectivity index (χ1n) is 24.7. The molecule has 8 aromatic carbocycles. The summed E-state index contributed by atoms with van der Waals surface area (Å²) in [4.78, 5) is 2.44. The molecule has 336 valence electrons. The summed E-state index contributed by atoms with van der Waals surface area (Å²) >= 11 is 0. The van der Waals surface area contributed by atoms with Crippen LogP contribution >= 0.6 is 0 Å². The second-order valence-electron chi connectivity index (χ2n) is 19.0. The molecule has 0 bridgehead atoms. The van der Waals surface area contributed by atoms with Gasteiger partial charge in [0.15, 0.2) is 0 Å². The lowest BCUT2D eigenvalue weighted by atomic mass is 9.82. The molecule has 2 nitrogen and oxygen atoms in total. The number of benzene rings is 8. The van der Waals surface area contributed by atoms with Crippen LogP contribution in [0.2, 0.25) is 0 Å². The Hall–Kier alpha value is -8.46. The van der Waals surface area contributed by atoms with Crippen molar-refractivity contribution in [2.45, 2.75) is 33.1 Å². The zero-order chi connectivity index (χ0) is 47.1. The lowest BCUT2D eigenvalue weighted by molar-refractivity contribution is 0.734. The Morgan fingerprint density at radius 3 is 1.99 bits per heavy atom. The van der Waals surface area contributed by atoms with Crippen LogP contribution in [-0.4, -0.2) is 4.57 Å². The third-order valence-corrected chi connectivity index (χ3v) is 14.4. The highest BCUT2D eigenvalue weighted by Gasteiger charge is 2.25. The van der Waals surface area contributed by atoms with E-state index in [2.05, 4.69) is 254 Å². The summed E-state index contributed by atoms with van der Waals surface area (Å²) in [5, 5.41) is 2.48. The SMILES string of the molecule is C=C/C=C\Cc1ccc(-n2c3cc(-c4ccccc4)ccc3c3ccc(-c4ccc(N(c5ccc6c(c5)C6)c5ccc6c(c5)/C(=C(/C5=CCC(C)C=C5)c5ccccc5)C(C)=CC=C6)cc4)cc32)cc1. The van der Waals surface area contributed by atoms with Gasteiger partial charge in [0, 0.05) is 33.5 Å². The van der Waals surface area contributed by atoms with Gasteiger partial charge in [-0.2, -0.15) is 0 Å². The van der Waals surface area contributed by atoms with E-state index in [9.17, 15) is 0 Å². The molecule has 0 spiro atoms. The molecule has 1 heterocycles. The minimum absolute atomic E-state index is 0.526. The zero-order valence-electron chi connectivity index (χ0n) is 39.8. The van der Waals surface area contributed by atoms with Crippen LogP contribution in [-0.2, 0) is 12.8 Å². The summed E-state index contributed by atoms with van der Waals surface area (Å²) in [6, 6.07) is 67.8. The number of anilines is 3. The van der Waals surface area contributed by atoms with Crippen LogP contribution in [0, 0.1) is 5.92 Å². The number of fused-ring (bicyclic) bond motifs is 5. The van der Waals surface area contributed by atoms with Gasteiger partial charge in [0.1, 0.15) is 0 Å². The van der Waals surface area contributed by atoms with Crippen molar-refractivity contribution in [1.82, 2.24) is 4.57 Å². The van der Waals surface area contributed by atoms with E-state index in [0.29, 0.717) is 5.92 Å². The van der Waals surface area contributed by atoms with Gasteiger partial charge in [-0.15, -0.1) is 0 Å². The van der Waals surface area contributed by atoms with Gasteiger partial charge in [-0.3, -0.25) is 0 Å². The third-order valence-electron chi connectivity index (χ3n) is 14.4. The van der Waals surface area contributed by atoms with Gasteiger partial charge in [0.25, 0.3) is 0 Å². The first-order valence-corrected chi connectivity index (χ1v) is 24.7. The molecule has 0 fully saturated rings. The lowest BCUT2D eigenvalue weighted by Crippen LogP contribution is -2.11. The van der Waals surface area contributed by atoms with Gasteiger partial charge in [-0.25, -0.2) is 0 Å². The molecule has 1 unspecified atom stereocenters. The number of hydrogen-bond acceptors (Lipinski definition) is 1. The van der Waals surface area contributed by atoms with Gasteiger partial charge < -0.3 is 9.47 Å². The van der Waals surface area contributed by atoms with Crippen molar-refractivity contribution in [3.8, 4) is 27.9 Å². The predicted octanol–water partition coefficient (Wildman–Crippen LogP) is 18.2. The average molecular weight is 899 g/mol. The van der Waals surface area contributed by atoms with Crippen LogP contribution in [0.25, 0.3) is 67.0 Å². The Bertz CT molecular complexity index is 3680. The van der Waals surface area contributed by atoms with Gasteiger partial charge >= 0.3 is 0 Å². The largest absolute Gasteiger partial charge is 0.310 e. The minimum Gasteiger partial charge on any atom is -0.310 e. The van der Waals surface area contributed by atoms with E-state index in [1.807, 2.05) is 12.2 Å². The van der Waals surface area contributed by atoms with Crippen molar-refractivity contribution >= 4 is 56.1 Å². The molecular formula is C68H54N2. The molecule has 0 radical (unpaired) electrons. The van der Waals surface area contributed by atoms with Gasteiger partial charge in [0.2, 0.25) is 0 Å². The second kappa shape index (κ2) is 18.2. The van der Waals surface area contributed by atoms with Gasteiger partial charge in [0.05, 0.1) is 11.0 Å². The van der Waals surface area contributed by atoms with E-state index >= 15 is 0 Å². The summed E-state index contributed by atoms with van der Waals surface area (Å²) in [5.74, 6) is 0.526. The highest BCUT2D eigenvalue weighted by molar-refractivity contribution is 6.11. The third kappa shape index (κ3) is 8.12. The molecule has 70 heavy (non-hydrogen) atoms. The van der Waals surface area contributed by atoms with Crippen LogP contribution in [0.4, 0.5) is 17.1 Å². The Morgan fingerprint density at radius 1 is 0.643 bits per heavy atom. The average Bonchev–Trinajstić information content (AvgIpc) is 4.15. The van der Waals surface area contributed by atoms with Crippen molar-refractivity contribution in [3.63, 3.8) is 0 Å². The predicted molar refractivity (Wildman–Crippen MR) is 299 cm³/mol. The smallest absolute Gasteiger partial charge is 0.0547 e. The van der Waals surface area contributed by atoms with Crippen molar-refractivity contribution in [2.75, 3.05) is 4.90 Å². The number of allylic oxidation sites excluding steroid dienone is 12. The molecule has 1 aromatic heterocycles. The van der Waals surface area contributed by atoms with E-state index < -0.39 is 0 Å². The molecular weight excluding hydrogens is 845 g/mol. The summed E-state index contributed by atoms with van der Waals surface area (Å²) in [7, 11) is 0. The topological polar surface area (TPSA) is 8.17 Å². The van der Waals surface area contributed by atoms with Crippen molar-refractivity contribution in [3.05, 3.63) is 282 Å². The Labute approximate surface area is 412 Å². The summed E-state index contributed by atoms with van der Waals surface area (Å²) in [6.07, 6.45) is 22.8. The maximum Gasteiger partial charge on any atom is 0.0547 e. The molecule has 1 atom stereocenters. The highest BCUT2D eigenvalue weighted by Crippen LogP contribution is 2.46. The molecule has 9 aromatic rings. The molecule has 3 aliphatic carbocycles. The van der Waals surface area contributed by atoms with Crippen LogP contribution in [0.15, 0.2) is 248 Å². The standard InChI is InChI=1S/C68H54N2/c1-4-5-8-15-48-23-33-59(34-24-48)70-65-43-55(49-16-9-6-10-17-49)31-39-62(65)63-40-32-56(44-66(63)70)50-27-35-58(36-28-50)69(60-38-30-54-41-57(54)42-60)61-37-29-51-20-13-14-47(3)67(64(51)45-61)68(52-18-11-7-12-19-52)53-25-21-46(2)22-26-53/h4-14,16-21,23-40,42-46H,1,15,22,41H2,2-3H3/b8-5-,68-67+. The first-order chi connectivity index (χ1) is 34.5. The van der Waals surface area contributed by atoms with Gasteiger partial charge in [-0.05, 0) is 171 Å². The summed E-state index contributed by atoms with van der Waals surface area (Å²) in [5.41, 5.74) is 24.6. The molecule has 0 aliphatic heterocycles.